The van der Waals surface area contributed by atoms with Crippen LogP contribution < -0.4 is 10.6 Å². The van der Waals surface area contributed by atoms with Crippen molar-refractivity contribution in [2.24, 2.45) is 9.98 Å². The predicted octanol–water partition coefficient (Wildman–Crippen LogP) is 2.98. The monoisotopic (exact) mass is 352 g/mol. The minimum absolute atomic E-state index is 0. The van der Waals surface area contributed by atoms with E-state index in [0.29, 0.717) is 0 Å². The number of nitrogens with one attached hydrogen (secondary N) is 2. The van der Waals surface area contributed by atoms with Crippen LogP contribution in [0.3, 0.4) is 0 Å². The first-order chi connectivity index (χ1) is 11.9. The number of rotatable bonds is 4. The summed E-state index contributed by atoms with van der Waals surface area (Å²) in [6.45, 7) is 3.62. The van der Waals surface area contributed by atoms with Gasteiger partial charge in [-0.2, -0.15) is 0 Å². The van der Waals surface area contributed by atoms with Crippen LogP contribution in [-0.2, 0) is 0 Å². The van der Waals surface area contributed by atoms with Crippen LogP contribution in [-0.4, -0.2) is 37.9 Å². The van der Waals surface area contributed by atoms with E-state index in [0.717, 1.165) is 49.0 Å². The fourth-order valence-electron chi connectivity index (χ4n) is 2.88. The molecule has 128 valence electrons. The van der Waals surface area contributed by atoms with Gasteiger partial charge < -0.3 is 10.6 Å². The van der Waals surface area contributed by atoms with E-state index in [-0.39, 0.29) is 12.4 Å². The summed E-state index contributed by atoms with van der Waals surface area (Å²) in [6.07, 6.45) is 4.27. The Balaban J connectivity index is 0.00000182. The number of hydrogen-bond donors (Lipinski definition) is 2. The van der Waals surface area contributed by atoms with Crippen molar-refractivity contribution in [3.63, 3.8) is 0 Å². The third-order valence-electron chi connectivity index (χ3n) is 4.18. The first-order valence-electron chi connectivity index (χ1n) is 8.34. The molecule has 2 N–H and O–H groups in total. The molecule has 4 nitrogen and oxygen atoms in total. The van der Waals surface area contributed by atoms with Gasteiger partial charge in [-0.05, 0) is 11.1 Å². The van der Waals surface area contributed by atoms with Crippen molar-refractivity contribution in [1.29, 1.82) is 0 Å². The van der Waals surface area contributed by atoms with Gasteiger partial charge in [-0.15, -0.1) is 12.4 Å². The molecule has 0 aromatic heterocycles. The summed E-state index contributed by atoms with van der Waals surface area (Å²) in [7, 11) is 0. The molecule has 0 fully saturated rings. The SMILES string of the molecule is C(=C\c1ccc(C2=NCCN2)cc1)/c1ccc(C2=NCCN2)cc1.Cl. The molecule has 0 unspecified atom stereocenters. The van der Waals surface area contributed by atoms with Gasteiger partial charge in [-0.25, -0.2) is 0 Å². The Kier molecular flexibility index (Phi) is 5.51. The molecule has 0 aliphatic carbocycles. The van der Waals surface area contributed by atoms with E-state index in [9.17, 15) is 0 Å². The third-order valence-corrected chi connectivity index (χ3v) is 4.18. The Morgan fingerprint density at radius 3 is 1.36 bits per heavy atom. The van der Waals surface area contributed by atoms with E-state index >= 15 is 0 Å². The summed E-state index contributed by atoms with van der Waals surface area (Å²) in [5, 5.41) is 6.59. The number of halogens is 1. The average molecular weight is 353 g/mol. The van der Waals surface area contributed by atoms with Crippen molar-refractivity contribution >= 4 is 36.2 Å². The molecular formula is C20H21ClN4. The van der Waals surface area contributed by atoms with Gasteiger partial charge in [0.2, 0.25) is 0 Å². The van der Waals surface area contributed by atoms with E-state index in [2.05, 4.69) is 81.3 Å². The van der Waals surface area contributed by atoms with Gasteiger partial charge in [0.15, 0.2) is 0 Å². The van der Waals surface area contributed by atoms with E-state index in [4.69, 9.17) is 0 Å². The standard InChI is InChI=1S/C20H20N4.ClH/c1(15-3-7-17(8-4-15)19-21-11-12-22-19)2-16-5-9-18(10-6-16)20-23-13-14-24-20;/h1-10H,11-14H2,(H,21,22)(H,23,24);1H/b2-1+;. The highest BCUT2D eigenvalue weighted by Crippen LogP contribution is 2.12. The van der Waals surface area contributed by atoms with Crippen LogP contribution >= 0.6 is 12.4 Å². The highest BCUT2D eigenvalue weighted by Gasteiger charge is 2.07. The number of benzene rings is 2. The molecule has 5 heteroatoms. The fourth-order valence-corrected chi connectivity index (χ4v) is 2.88. The largest absolute Gasteiger partial charge is 0.368 e. The van der Waals surface area contributed by atoms with E-state index in [1.807, 2.05) is 0 Å². The predicted molar refractivity (Wildman–Crippen MR) is 108 cm³/mol. The molecule has 0 atom stereocenters. The molecule has 0 radical (unpaired) electrons. The first-order valence-corrected chi connectivity index (χ1v) is 8.34. The second-order valence-corrected chi connectivity index (χ2v) is 5.89. The number of aliphatic imine (C=N–C) groups is 2. The molecule has 2 aromatic rings. The number of amidine groups is 2. The van der Waals surface area contributed by atoms with Crippen LogP contribution in [0.15, 0.2) is 58.5 Å². The Morgan fingerprint density at radius 1 is 0.640 bits per heavy atom. The molecule has 0 spiro atoms. The number of hydrogen-bond acceptors (Lipinski definition) is 4. The molecular weight excluding hydrogens is 332 g/mol. The lowest BCUT2D eigenvalue weighted by Gasteiger charge is -2.03. The zero-order valence-corrected chi connectivity index (χ0v) is 14.7. The van der Waals surface area contributed by atoms with Crippen LogP contribution in [0.2, 0.25) is 0 Å². The summed E-state index contributed by atoms with van der Waals surface area (Å²) in [5.74, 6) is 2.01. The zero-order valence-electron chi connectivity index (χ0n) is 13.9. The van der Waals surface area contributed by atoms with Crippen LogP contribution in [0.1, 0.15) is 22.3 Å². The van der Waals surface area contributed by atoms with Crippen molar-refractivity contribution in [1.82, 2.24) is 10.6 Å². The first kappa shape index (κ1) is 17.2. The summed E-state index contributed by atoms with van der Waals surface area (Å²) in [5.41, 5.74) is 4.67. The highest BCUT2D eigenvalue weighted by atomic mass is 35.5. The molecule has 2 aliphatic rings. The molecule has 25 heavy (non-hydrogen) atoms. The summed E-state index contributed by atoms with van der Waals surface area (Å²) in [4.78, 5) is 8.89. The van der Waals surface area contributed by atoms with E-state index in [1.54, 1.807) is 0 Å². The lowest BCUT2D eigenvalue weighted by molar-refractivity contribution is 0.960. The Hall–Kier alpha value is -2.59. The molecule has 0 amide bonds. The number of nitrogens with zero attached hydrogens (tertiary/aromatic N) is 2. The van der Waals surface area contributed by atoms with Crippen LogP contribution in [0.4, 0.5) is 0 Å². The molecule has 2 aromatic carbocycles. The summed E-state index contributed by atoms with van der Waals surface area (Å²) < 4.78 is 0. The van der Waals surface area contributed by atoms with Crippen molar-refractivity contribution in [2.75, 3.05) is 26.2 Å². The second kappa shape index (κ2) is 7.99. The van der Waals surface area contributed by atoms with Gasteiger partial charge in [0.1, 0.15) is 11.7 Å². The van der Waals surface area contributed by atoms with Gasteiger partial charge in [0, 0.05) is 24.2 Å². The van der Waals surface area contributed by atoms with E-state index < -0.39 is 0 Å². The lowest BCUT2D eigenvalue weighted by Crippen LogP contribution is -2.19. The normalized spacial score (nSPS) is 16.0. The second-order valence-electron chi connectivity index (χ2n) is 5.89. The van der Waals surface area contributed by atoms with Crippen molar-refractivity contribution in [3.8, 4) is 0 Å². The highest BCUT2D eigenvalue weighted by molar-refractivity contribution is 6.00. The quantitative estimate of drug-likeness (QED) is 0.831. The average Bonchev–Trinajstić information content (AvgIpc) is 3.34. The van der Waals surface area contributed by atoms with Gasteiger partial charge in [-0.1, -0.05) is 60.7 Å². The lowest BCUT2D eigenvalue weighted by atomic mass is 10.1. The minimum Gasteiger partial charge on any atom is -0.368 e. The maximum Gasteiger partial charge on any atom is 0.128 e. The zero-order chi connectivity index (χ0) is 16.2. The van der Waals surface area contributed by atoms with Crippen LogP contribution in [0.25, 0.3) is 12.2 Å². The van der Waals surface area contributed by atoms with Crippen LogP contribution in [0, 0.1) is 0 Å². The smallest absolute Gasteiger partial charge is 0.128 e. The molecule has 0 bridgehead atoms. The summed E-state index contributed by atoms with van der Waals surface area (Å²) >= 11 is 0. The fraction of sp³-hybridized carbons (Fsp3) is 0.200. The van der Waals surface area contributed by atoms with E-state index in [1.165, 1.54) is 11.1 Å². The molecule has 2 aliphatic heterocycles. The van der Waals surface area contributed by atoms with Crippen molar-refractivity contribution in [3.05, 3.63) is 70.8 Å². The Morgan fingerprint density at radius 2 is 1.04 bits per heavy atom. The van der Waals surface area contributed by atoms with Gasteiger partial charge >= 0.3 is 0 Å². The third kappa shape index (κ3) is 4.09. The maximum atomic E-state index is 4.44. The topological polar surface area (TPSA) is 48.8 Å². The molecule has 2 heterocycles. The van der Waals surface area contributed by atoms with Gasteiger partial charge in [0.25, 0.3) is 0 Å². The Labute approximate surface area is 154 Å². The molecule has 0 saturated carbocycles. The van der Waals surface area contributed by atoms with Gasteiger partial charge in [-0.3, -0.25) is 9.98 Å². The van der Waals surface area contributed by atoms with Gasteiger partial charge in [0.05, 0.1) is 13.1 Å². The molecule has 4 rings (SSSR count). The Bertz CT molecular complexity index is 735. The molecule has 0 saturated heterocycles. The van der Waals surface area contributed by atoms with Crippen molar-refractivity contribution < 1.29 is 0 Å². The van der Waals surface area contributed by atoms with Crippen LogP contribution in [0.5, 0.6) is 0 Å². The maximum absolute atomic E-state index is 4.44. The summed E-state index contributed by atoms with van der Waals surface area (Å²) in [6, 6.07) is 17.0. The minimum atomic E-state index is 0. The van der Waals surface area contributed by atoms with Crippen molar-refractivity contribution in [2.45, 2.75) is 0 Å².